The summed E-state index contributed by atoms with van der Waals surface area (Å²) in [5, 5.41) is 0.522. The number of para-hydroxylation sites is 1. The zero-order valence-corrected chi connectivity index (χ0v) is 12.7. The van der Waals surface area contributed by atoms with Crippen LogP contribution in [0.2, 0.25) is 5.02 Å². The fraction of sp³-hybridized carbons (Fsp3) is 0.176. The van der Waals surface area contributed by atoms with E-state index in [4.69, 9.17) is 16.3 Å². The van der Waals surface area contributed by atoms with E-state index in [0.717, 1.165) is 5.56 Å². The Morgan fingerprint density at radius 1 is 1.09 bits per heavy atom. The fourth-order valence-electron chi connectivity index (χ4n) is 2.40. The first-order valence-corrected chi connectivity index (χ1v) is 7.30. The zero-order valence-electron chi connectivity index (χ0n) is 12.0. The highest BCUT2D eigenvalue weighted by atomic mass is 35.5. The minimum atomic E-state index is -0.727. The molecule has 1 aliphatic heterocycles. The van der Waals surface area contributed by atoms with Crippen molar-refractivity contribution in [2.45, 2.75) is 19.6 Å². The number of hydrogen-bond donors (Lipinski definition) is 0. The molecule has 3 rings (SSSR count). The van der Waals surface area contributed by atoms with Gasteiger partial charge in [0, 0.05) is 5.02 Å². The molecule has 0 radical (unpaired) electrons. The Balaban J connectivity index is 2.01. The molecule has 0 aliphatic carbocycles. The molecule has 4 nitrogen and oxygen atoms in total. The summed E-state index contributed by atoms with van der Waals surface area (Å²) < 4.78 is 5.59. The van der Waals surface area contributed by atoms with Crippen LogP contribution < -0.4 is 4.74 Å². The summed E-state index contributed by atoms with van der Waals surface area (Å²) in [5.41, 5.74) is 1.10. The van der Waals surface area contributed by atoms with Crippen LogP contribution in [-0.4, -0.2) is 22.8 Å². The number of fused-ring (bicyclic) bond motifs is 1. The summed E-state index contributed by atoms with van der Waals surface area (Å²) in [5.74, 6) is -0.319. The summed E-state index contributed by atoms with van der Waals surface area (Å²) in [6.07, 6.45) is -0.727. The molecular formula is C17H14ClNO3. The van der Waals surface area contributed by atoms with Crippen LogP contribution in [0.15, 0.2) is 48.5 Å². The lowest BCUT2D eigenvalue weighted by Gasteiger charge is -2.21. The molecule has 0 saturated carbocycles. The normalized spacial score (nSPS) is 17.7. The number of carbonyl (C=O) groups excluding carboxylic acids is 2. The van der Waals surface area contributed by atoms with E-state index in [1.807, 2.05) is 6.07 Å². The number of carbonyl (C=O) groups is 2. The molecule has 0 unspecified atom stereocenters. The highest BCUT2D eigenvalue weighted by Gasteiger charge is 2.34. The molecule has 1 aliphatic rings. The van der Waals surface area contributed by atoms with Crippen molar-refractivity contribution in [1.82, 2.24) is 4.90 Å². The van der Waals surface area contributed by atoms with Gasteiger partial charge < -0.3 is 4.74 Å². The van der Waals surface area contributed by atoms with Gasteiger partial charge >= 0.3 is 0 Å². The van der Waals surface area contributed by atoms with Gasteiger partial charge in [0.05, 0.1) is 12.1 Å². The molecule has 1 heterocycles. The van der Waals surface area contributed by atoms with Crippen LogP contribution in [0.5, 0.6) is 5.75 Å². The first kappa shape index (κ1) is 14.6. The maximum absolute atomic E-state index is 12.7. The average molecular weight is 316 g/mol. The number of benzene rings is 2. The molecule has 0 fully saturated rings. The highest BCUT2D eigenvalue weighted by molar-refractivity contribution is 6.31. The van der Waals surface area contributed by atoms with Crippen LogP contribution in [0.25, 0.3) is 0 Å². The first-order chi connectivity index (χ1) is 10.6. The van der Waals surface area contributed by atoms with E-state index in [0.29, 0.717) is 16.3 Å². The van der Waals surface area contributed by atoms with Crippen molar-refractivity contribution in [3.8, 4) is 5.75 Å². The minimum absolute atomic E-state index is 0.124. The molecule has 0 saturated heterocycles. The molecule has 5 heteroatoms. The van der Waals surface area contributed by atoms with Gasteiger partial charge in [0.25, 0.3) is 11.8 Å². The Kier molecular flexibility index (Phi) is 3.86. The molecule has 22 heavy (non-hydrogen) atoms. The maximum Gasteiger partial charge on any atom is 0.270 e. The molecule has 1 atom stereocenters. The number of halogens is 1. The molecule has 2 aromatic rings. The van der Waals surface area contributed by atoms with Crippen LogP contribution in [0.1, 0.15) is 22.8 Å². The quantitative estimate of drug-likeness (QED) is 0.799. The van der Waals surface area contributed by atoms with Crippen LogP contribution in [0, 0.1) is 0 Å². The predicted octanol–water partition coefficient (Wildman–Crippen LogP) is 3.29. The Labute approximate surface area is 133 Å². The van der Waals surface area contributed by atoms with Gasteiger partial charge in [-0.1, -0.05) is 41.9 Å². The van der Waals surface area contributed by atoms with E-state index in [9.17, 15) is 9.59 Å². The van der Waals surface area contributed by atoms with E-state index in [2.05, 4.69) is 0 Å². The van der Waals surface area contributed by atoms with Gasteiger partial charge in [-0.15, -0.1) is 0 Å². The molecule has 0 aromatic heterocycles. The van der Waals surface area contributed by atoms with Crippen molar-refractivity contribution in [2.24, 2.45) is 0 Å². The standard InChI is InChI=1S/C17H14ClNO3/c1-11-16(20)19(10-12-6-2-4-8-14(12)18)17(21)13-7-3-5-9-15(13)22-11/h2-9,11H,10H2,1H3/t11-/m1/s1. The lowest BCUT2D eigenvalue weighted by Crippen LogP contribution is -2.41. The second kappa shape index (κ2) is 5.81. The van der Waals surface area contributed by atoms with E-state index in [1.54, 1.807) is 49.4 Å². The lowest BCUT2D eigenvalue weighted by atomic mass is 10.1. The second-order valence-electron chi connectivity index (χ2n) is 5.08. The molecule has 112 valence electrons. The van der Waals surface area contributed by atoms with Gasteiger partial charge in [0.1, 0.15) is 5.75 Å². The van der Waals surface area contributed by atoms with Crippen molar-refractivity contribution in [1.29, 1.82) is 0 Å². The van der Waals surface area contributed by atoms with Crippen LogP contribution >= 0.6 is 11.6 Å². The van der Waals surface area contributed by atoms with Crippen LogP contribution in [0.3, 0.4) is 0 Å². The Hall–Kier alpha value is -2.33. The predicted molar refractivity (Wildman–Crippen MR) is 82.9 cm³/mol. The maximum atomic E-state index is 12.7. The van der Waals surface area contributed by atoms with E-state index in [-0.39, 0.29) is 18.4 Å². The molecule has 0 bridgehead atoms. The smallest absolute Gasteiger partial charge is 0.270 e. The third-order valence-electron chi connectivity index (χ3n) is 3.57. The van der Waals surface area contributed by atoms with Crippen LogP contribution in [0.4, 0.5) is 0 Å². The molecule has 2 amide bonds. The molecule has 0 N–H and O–H groups in total. The fourth-order valence-corrected chi connectivity index (χ4v) is 2.59. The van der Waals surface area contributed by atoms with Gasteiger partial charge in [0.2, 0.25) is 0 Å². The van der Waals surface area contributed by atoms with Crippen molar-refractivity contribution in [2.75, 3.05) is 0 Å². The van der Waals surface area contributed by atoms with E-state index >= 15 is 0 Å². The summed E-state index contributed by atoms with van der Waals surface area (Å²) in [6, 6.07) is 14.0. The molecule has 2 aromatic carbocycles. The first-order valence-electron chi connectivity index (χ1n) is 6.92. The SMILES string of the molecule is C[C@H]1Oc2ccccc2C(=O)N(Cc2ccccc2Cl)C1=O. The Morgan fingerprint density at radius 3 is 2.55 bits per heavy atom. The third kappa shape index (κ3) is 2.57. The van der Waals surface area contributed by atoms with Crippen LogP contribution in [-0.2, 0) is 11.3 Å². The number of imide groups is 1. The van der Waals surface area contributed by atoms with Gasteiger partial charge in [-0.3, -0.25) is 14.5 Å². The van der Waals surface area contributed by atoms with Crippen molar-refractivity contribution < 1.29 is 14.3 Å². The number of hydrogen-bond acceptors (Lipinski definition) is 3. The van der Waals surface area contributed by atoms with Gasteiger partial charge in [-0.25, -0.2) is 0 Å². The largest absolute Gasteiger partial charge is 0.480 e. The summed E-state index contributed by atoms with van der Waals surface area (Å²) >= 11 is 6.14. The average Bonchev–Trinajstić information content (AvgIpc) is 2.61. The Bertz CT molecular complexity index is 744. The summed E-state index contributed by atoms with van der Waals surface area (Å²) in [7, 11) is 0. The minimum Gasteiger partial charge on any atom is -0.480 e. The highest BCUT2D eigenvalue weighted by Crippen LogP contribution is 2.27. The lowest BCUT2D eigenvalue weighted by molar-refractivity contribution is -0.135. The number of rotatable bonds is 2. The van der Waals surface area contributed by atoms with E-state index < -0.39 is 6.10 Å². The zero-order chi connectivity index (χ0) is 15.7. The van der Waals surface area contributed by atoms with Gasteiger partial charge in [-0.05, 0) is 30.7 Å². The molecular weight excluding hydrogens is 302 g/mol. The van der Waals surface area contributed by atoms with Crippen molar-refractivity contribution >= 4 is 23.4 Å². The number of amides is 2. The summed E-state index contributed by atoms with van der Waals surface area (Å²) in [4.78, 5) is 26.4. The summed E-state index contributed by atoms with van der Waals surface area (Å²) in [6.45, 7) is 1.76. The van der Waals surface area contributed by atoms with Gasteiger partial charge in [-0.2, -0.15) is 0 Å². The third-order valence-corrected chi connectivity index (χ3v) is 3.94. The van der Waals surface area contributed by atoms with Crippen molar-refractivity contribution in [3.63, 3.8) is 0 Å². The topological polar surface area (TPSA) is 46.6 Å². The second-order valence-corrected chi connectivity index (χ2v) is 5.48. The van der Waals surface area contributed by atoms with Gasteiger partial charge in [0.15, 0.2) is 6.10 Å². The van der Waals surface area contributed by atoms with Crippen molar-refractivity contribution in [3.05, 3.63) is 64.7 Å². The van der Waals surface area contributed by atoms with E-state index in [1.165, 1.54) is 4.90 Å². The number of ether oxygens (including phenoxy) is 1. The molecule has 0 spiro atoms. The monoisotopic (exact) mass is 315 g/mol. The number of nitrogens with zero attached hydrogens (tertiary/aromatic N) is 1. The Morgan fingerprint density at radius 2 is 1.77 bits per heavy atom.